The molecule has 0 amide bonds. The molecule has 3 aromatic rings. The van der Waals surface area contributed by atoms with Gasteiger partial charge >= 0.3 is 0 Å². The molecule has 3 heterocycles. The van der Waals surface area contributed by atoms with Gasteiger partial charge in [-0.05, 0) is 37.7 Å². The first-order valence-electron chi connectivity index (χ1n) is 10.7. The SMILES string of the molecule is N#CC[C@H](C1CCCC1)n1cc(-c2ncnc3c2ccn3COCCCCCl)cn1. The maximum Gasteiger partial charge on any atom is 0.145 e. The fourth-order valence-electron chi connectivity index (χ4n) is 4.35. The molecule has 0 bridgehead atoms. The Bertz CT molecular complexity index is 1000. The van der Waals surface area contributed by atoms with Crippen molar-refractivity contribution in [3.63, 3.8) is 0 Å². The summed E-state index contributed by atoms with van der Waals surface area (Å²) in [5.74, 6) is 1.19. The third-order valence-corrected chi connectivity index (χ3v) is 6.19. The number of ether oxygens (including phenoxy) is 1. The Morgan fingerprint density at radius 2 is 2.13 bits per heavy atom. The van der Waals surface area contributed by atoms with Crippen LogP contribution in [0.25, 0.3) is 22.3 Å². The molecule has 0 unspecified atom stereocenters. The van der Waals surface area contributed by atoms with Crippen LogP contribution in [-0.2, 0) is 11.5 Å². The van der Waals surface area contributed by atoms with Crippen molar-refractivity contribution < 1.29 is 4.74 Å². The monoisotopic (exact) mass is 426 g/mol. The topological polar surface area (TPSA) is 81.5 Å². The number of alkyl halides is 1. The number of unbranched alkanes of at least 4 members (excludes halogenated alkanes) is 1. The lowest BCUT2D eigenvalue weighted by Crippen LogP contribution is -2.17. The summed E-state index contributed by atoms with van der Waals surface area (Å²) in [6.07, 6.45) is 14.7. The van der Waals surface area contributed by atoms with Crippen molar-refractivity contribution in [2.24, 2.45) is 5.92 Å². The normalized spacial score (nSPS) is 15.6. The third kappa shape index (κ3) is 4.50. The highest BCUT2D eigenvalue weighted by molar-refractivity contribution is 6.17. The van der Waals surface area contributed by atoms with E-state index in [2.05, 4.69) is 21.1 Å². The van der Waals surface area contributed by atoms with Crippen LogP contribution in [0.15, 0.2) is 31.0 Å². The number of halogens is 1. The molecular weight excluding hydrogens is 400 g/mol. The molecule has 0 saturated heterocycles. The molecule has 8 heteroatoms. The Morgan fingerprint density at radius 3 is 2.93 bits per heavy atom. The van der Waals surface area contributed by atoms with Crippen molar-refractivity contribution in [1.82, 2.24) is 24.3 Å². The summed E-state index contributed by atoms with van der Waals surface area (Å²) in [6.45, 7) is 1.13. The molecular formula is C22H27ClN6O. The van der Waals surface area contributed by atoms with Crippen molar-refractivity contribution in [3.8, 4) is 17.3 Å². The summed E-state index contributed by atoms with van der Waals surface area (Å²) in [4.78, 5) is 8.99. The van der Waals surface area contributed by atoms with E-state index in [4.69, 9.17) is 16.3 Å². The minimum Gasteiger partial charge on any atom is -0.361 e. The lowest BCUT2D eigenvalue weighted by Gasteiger charge is -2.21. The van der Waals surface area contributed by atoms with Gasteiger partial charge in [-0.3, -0.25) is 4.68 Å². The zero-order chi connectivity index (χ0) is 20.8. The fourth-order valence-corrected chi connectivity index (χ4v) is 4.54. The van der Waals surface area contributed by atoms with Gasteiger partial charge in [0.15, 0.2) is 0 Å². The molecule has 0 spiro atoms. The predicted molar refractivity (Wildman–Crippen MR) is 116 cm³/mol. The molecule has 1 aliphatic rings. The Hall–Kier alpha value is -2.43. The van der Waals surface area contributed by atoms with Crippen molar-refractivity contribution in [2.75, 3.05) is 12.5 Å². The molecule has 1 atom stereocenters. The number of hydrogen-bond acceptors (Lipinski definition) is 5. The van der Waals surface area contributed by atoms with Gasteiger partial charge in [0.25, 0.3) is 0 Å². The molecule has 30 heavy (non-hydrogen) atoms. The number of aromatic nitrogens is 5. The van der Waals surface area contributed by atoms with Crippen LogP contribution in [-0.4, -0.2) is 36.8 Å². The Kier molecular flexibility index (Phi) is 6.98. The average molecular weight is 427 g/mol. The number of fused-ring (bicyclic) bond motifs is 1. The summed E-state index contributed by atoms with van der Waals surface area (Å²) < 4.78 is 9.71. The van der Waals surface area contributed by atoms with E-state index >= 15 is 0 Å². The zero-order valence-electron chi connectivity index (χ0n) is 17.1. The van der Waals surface area contributed by atoms with E-state index < -0.39 is 0 Å². The predicted octanol–water partition coefficient (Wildman–Crippen LogP) is 4.93. The Labute approximate surface area is 181 Å². The highest BCUT2D eigenvalue weighted by Crippen LogP contribution is 2.36. The molecule has 4 rings (SSSR count). The van der Waals surface area contributed by atoms with Crippen molar-refractivity contribution >= 4 is 22.6 Å². The van der Waals surface area contributed by atoms with Crippen LogP contribution in [0.4, 0.5) is 0 Å². The van der Waals surface area contributed by atoms with Crippen LogP contribution in [0.2, 0.25) is 0 Å². The minimum absolute atomic E-state index is 0.134. The highest BCUT2D eigenvalue weighted by atomic mass is 35.5. The van der Waals surface area contributed by atoms with Gasteiger partial charge in [-0.25, -0.2) is 9.97 Å². The molecule has 0 aliphatic heterocycles. The van der Waals surface area contributed by atoms with E-state index in [0.29, 0.717) is 31.6 Å². The van der Waals surface area contributed by atoms with E-state index in [9.17, 15) is 5.26 Å². The van der Waals surface area contributed by atoms with Gasteiger partial charge in [-0.2, -0.15) is 10.4 Å². The molecule has 158 valence electrons. The van der Waals surface area contributed by atoms with Gasteiger partial charge in [0.05, 0.1) is 30.4 Å². The maximum absolute atomic E-state index is 9.31. The van der Waals surface area contributed by atoms with Crippen molar-refractivity contribution in [1.29, 1.82) is 5.26 Å². The number of hydrogen-bond donors (Lipinski definition) is 0. The molecule has 1 aliphatic carbocycles. The van der Waals surface area contributed by atoms with Gasteiger partial charge in [-0.1, -0.05) is 12.8 Å². The Balaban J connectivity index is 1.54. The van der Waals surface area contributed by atoms with Gasteiger partial charge in [-0.15, -0.1) is 11.6 Å². The van der Waals surface area contributed by atoms with E-state index in [1.807, 2.05) is 33.9 Å². The number of rotatable bonds is 10. The van der Waals surface area contributed by atoms with E-state index in [-0.39, 0.29) is 6.04 Å². The minimum atomic E-state index is 0.134. The van der Waals surface area contributed by atoms with Gasteiger partial charge in [0, 0.05) is 35.8 Å². The standard InChI is InChI=1S/C22H27ClN6O/c23-9-3-4-12-30-16-28-11-8-19-21(25-15-26-22(19)28)18-13-27-29(14-18)20(7-10-24)17-5-1-2-6-17/h8,11,13-15,17,20H,1-7,9,12,16H2/t20-/m1/s1. The summed E-state index contributed by atoms with van der Waals surface area (Å²) in [5.41, 5.74) is 2.65. The molecule has 3 aromatic heterocycles. The first kappa shape index (κ1) is 20.8. The smallest absolute Gasteiger partial charge is 0.145 e. The largest absolute Gasteiger partial charge is 0.361 e. The molecule has 7 nitrogen and oxygen atoms in total. The molecule has 0 radical (unpaired) electrons. The van der Waals surface area contributed by atoms with Gasteiger partial charge in [0.2, 0.25) is 0 Å². The van der Waals surface area contributed by atoms with Crippen LogP contribution in [0.1, 0.15) is 51.0 Å². The van der Waals surface area contributed by atoms with Crippen molar-refractivity contribution in [3.05, 3.63) is 31.0 Å². The second-order valence-electron chi connectivity index (χ2n) is 7.86. The zero-order valence-corrected chi connectivity index (χ0v) is 17.8. The second-order valence-corrected chi connectivity index (χ2v) is 8.24. The maximum atomic E-state index is 9.31. The molecule has 1 fully saturated rings. The molecule has 0 aromatic carbocycles. The third-order valence-electron chi connectivity index (χ3n) is 5.92. The fraction of sp³-hybridized carbons (Fsp3) is 0.545. The van der Waals surface area contributed by atoms with E-state index in [1.54, 1.807) is 6.33 Å². The van der Waals surface area contributed by atoms with Crippen molar-refractivity contribution in [2.45, 2.75) is 57.7 Å². The number of nitrogens with zero attached hydrogens (tertiary/aromatic N) is 6. The first-order chi connectivity index (χ1) is 14.8. The summed E-state index contributed by atoms with van der Waals surface area (Å²) in [5, 5.41) is 14.9. The molecule has 0 N–H and O–H groups in total. The lowest BCUT2D eigenvalue weighted by molar-refractivity contribution is 0.0774. The van der Waals surface area contributed by atoms with Crippen LogP contribution in [0.5, 0.6) is 0 Å². The van der Waals surface area contributed by atoms with Crippen LogP contribution >= 0.6 is 11.6 Å². The summed E-state index contributed by atoms with van der Waals surface area (Å²) in [6, 6.07) is 4.50. The highest BCUT2D eigenvalue weighted by Gasteiger charge is 2.27. The van der Waals surface area contributed by atoms with Crippen LogP contribution in [0.3, 0.4) is 0 Å². The quantitative estimate of drug-likeness (QED) is 0.339. The lowest BCUT2D eigenvalue weighted by atomic mass is 9.96. The van der Waals surface area contributed by atoms with E-state index in [0.717, 1.165) is 35.1 Å². The van der Waals surface area contributed by atoms with E-state index in [1.165, 1.54) is 25.7 Å². The van der Waals surface area contributed by atoms with Crippen LogP contribution in [0, 0.1) is 17.2 Å². The summed E-state index contributed by atoms with van der Waals surface area (Å²) in [7, 11) is 0. The average Bonchev–Trinajstić information content (AvgIpc) is 3.52. The second kappa shape index (κ2) is 10.1. The number of nitriles is 1. The van der Waals surface area contributed by atoms with Gasteiger partial charge in [0.1, 0.15) is 18.7 Å². The van der Waals surface area contributed by atoms with Crippen LogP contribution < -0.4 is 0 Å². The Morgan fingerprint density at radius 1 is 1.27 bits per heavy atom. The van der Waals surface area contributed by atoms with Gasteiger partial charge < -0.3 is 9.30 Å². The molecule has 1 saturated carbocycles. The first-order valence-corrected chi connectivity index (χ1v) is 11.2. The summed E-state index contributed by atoms with van der Waals surface area (Å²) >= 11 is 5.71.